The third kappa shape index (κ3) is 2.69. The Kier molecular flexibility index (Phi) is 3.58. The van der Waals surface area contributed by atoms with E-state index in [0.29, 0.717) is 5.92 Å². The van der Waals surface area contributed by atoms with Crippen LogP contribution in [-0.4, -0.2) is 46.1 Å². The van der Waals surface area contributed by atoms with Gasteiger partial charge < -0.3 is 14.8 Å². The molecule has 3 heterocycles. The molecule has 26 heavy (non-hydrogen) atoms. The minimum atomic E-state index is 0.588. The zero-order chi connectivity index (χ0) is 17.7. The Morgan fingerprint density at radius 1 is 0.923 bits per heavy atom. The van der Waals surface area contributed by atoms with Crippen LogP contribution in [-0.2, 0) is 0 Å². The maximum absolute atomic E-state index is 4.92. The van der Waals surface area contributed by atoms with Crippen molar-refractivity contribution in [2.45, 2.75) is 32.6 Å². The summed E-state index contributed by atoms with van der Waals surface area (Å²) in [7, 11) is 0. The number of fused-ring (bicyclic) bond motifs is 1. The maximum Gasteiger partial charge on any atom is 0.203 e. The van der Waals surface area contributed by atoms with Crippen LogP contribution in [0, 0.1) is 13.8 Å². The van der Waals surface area contributed by atoms with E-state index in [1.165, 1.54) is 18.4 Å². The molecule has 1 N–H and O–H groups in total. The number of imidazole rings is 1. The summed E-state index contributed by atoms with van der Waals surface area (Å²) in [6.45, 7) is 8.06. The van der Waals surface area contributed by atoms with Crippen LogP contribution in [0.4, 0.5) is 11.8 Å². The average Bonchev–Trinajstić information content (AvgIpc) is 3.42. The topological polar surface area (TPSA) is 60.9 Å². The van der Waals surface area contributed by atoms with Gasteiger partial charge in [-0.15, -0.1) is 0 Å². The molecule has 134 valence electrons. The first-order chi connectivity index (χ1) is 12.7. The van der Waals surface area contributed by atoms with Gasteiger partial charge in [0, 0.05) is 43.4 Å². The second-order valence-corrected chi connectivity index (χ2v) is 7.44. The van der Waals surface area contributed by atoms with E-state index in [9.17, 15) is 0 Å². The molecule has 0 spiro atoms. The zero-order valence-corrected chi connectivity index (χ0v) is 15.4. The van der Waals surface area contributed by atoms with Gasteiger partial charge in [0.1, 0.15) is 11.6 Å². The fourth-order valence-corrected chi connectivity index (χ4v) is 3.69. The number of aryl methyl sites for hydroxylation is 1. The van der Waals surface area contributed by atoms with Crippen molar-refractivity contribution in [3.63, 3.8) is 0 Å². The number of anilines is 2. The van der Waals surface area contributed by atoms with Gasteiger partial charge in [-0.25, -0.2) is 15.0 Å². The van der Waals surface area contributed by atoms with Crippen molar-refractivity contribution >= 4 is 22.8 Å². The van der Waals surface area contributed by atoms with Crippen LogP contribution >= 0.6 is 0 Å². The predicted molar refractivity (Wildman–Crippen MR) is 104 cm³/mol. The molecule has 2 aliphatic rings. The van der Waals surface area contributed by atoms with E-state index < -0.39 is 0 Å². The molecule has 1 aliphatic carbocycles. The van der Waals surface area contributed by atoms with Crippen molar-refractivity contribution in [1.82, 2.24) is 19.9 Å². The molecule has 1 aliphatic heterocycles. The summed E-state index contributed by atoms with van der Waals surface area (Å²) in [6, 6.07) is 8.20. The summed E-state index contributed by atoms with van der Waals surface area (Å²) in [6.07, 6.45) is 2.48. The molecule has 0 bridgehead atoms. The van der Waals surface area contributed by atoms with Crippen molar-refractivity contribution in [3.05, 3.63) is 41.3 Å². The van der Waals surface area contributed by atoms with Crippen LogP contribution in [0.25, 0.3) is 11.0 Å². The lowest BCUT2D eigenvalue weighted by Gasteiger charge is -2.36. The van der Waals surface area contributed by atoms with Gasteiger partial charge in [-0.1, -0.05) is 12.1 Å². The first-order valence-electron chi connectivity index (χ1n) is 9.49. The molecule has 0 radical (unpaired) electrons. The molecular weight excluding hydrogens is 324 g/mol. The first-order valence-corrected chi connectivity index (χ1v) is 9.49. The fourth-order valence-electron chi connectivity index (χ4n) is 3.69. The number of piperazine rings is 1. The van der Waals surface area contributed by atoms with Crippen LogP contribution < -0.4 is 9.80 Å². The Balaban J connectivity index is 1.35. The van der Waals surface area contributed by atoms with Crippen LogP contribution in [0.5, 0.6) is 0 Å². The van der Waals surface area contributed by atoms with Gasteiger partial charge in [0.2, 0.25) is 5.95 Å². The van der Waals surface area contributed by atoms with Crippen molar-refractivity contribution in [3.8, 4) is 0 Å². The lowest BCUT2D eigenvalue weighted by atomic mass is 10.2. The van der Waals surface area contributed by atoms with Crippen molar-refractivity contribution in [2.24, 2.45) is 0 Å². The van der Waals surface area contributed by atoms with Crippen molar-refractivity contribution in [2.75, 3.05) is 36.0 Å². The molecule has 5 rings (SSSR count). The van der Waals surface area contributed by atoms with Gasteiger partial charge >= 0.3 is 0 Å². The summed E-state index contributed by atoms with van der Waals surface area (Å²) in [5.74, 6) is 3.73. The molecular formula is C20H24N6. The molecule has 3 aromatic rings. The van der Waals surface area contributed by atoms with E-state index in [0.717, 1.165) is 60.5 Å². The average molecular weight is 348 g/mol. The smallest absolute Gasteiger partial charge is 0.203 e. The minimum absolute atomic E-state index is 0.588. The number of nitrogens with zero attached hydrogens (tertiary/aromatic N) is 5. The Labute approximate surface area is 153 Å². The number of nitrogens with one attached hydrogen (secondary N) is 1. The SMILES string of the molecule is Cc1nc(C2CC2)nc(N2CCN(c3nc4ccccc4[nH]3)CC2)c1C. The summed E-state index contributed by atoms with van der Waals surface area (Å²) >= 11 is 0. The second-order valence-electron chi connectivity index (χ2n) is 7.44. The Morgan fingerprint density at radius 2 is 1.65 bits per heavy atom. The molecule has 6 heteroatoms. The van der Waals surface area contributed by atoms with Gasteiger partial charge in [-0.05, 0) is 38.8 Å². The number of aromatic amines is 1. The monoisotopic (exact) mass is 348 g/mol. The highest BCUT2D eigenvalue weighted by molar-refractivity contribution is 5.77. The summed E-state index contributed by atoms with van der Waals surface area (Å²) in [5.41, 5.74) is 4.46. The largest absolute Gasteiger partial charge is 0.353 e. The predicted octanol–water partition coefficient (Wildman–Crippen LogP) is 3.17. The van der Waals surface area contributed by atoms with E-state index >= 15 is 0 Å². The van der Waals surface area contributed by atoms with E-state index in [4.69, 9.17) is 15.0 Å². The van der Waals surface area contributed by atoms with E-state index in [-0.39, 0.29) is 0 Å². The lowest BCUT2D eigenvalue weighted by molar-refractivity contribution is 0.633. The fraction of sp³-hybridized carbons (Fsp3) is 0.450. The molecule has 0 amide bonds. The number of H-pyrrole nitrogens is 1. The van der Waals surface area contributed by atoms with Gasteiger partial charge in [0.05, 0.1) is 11.0 Å². The second kappa shape index (κ2) is 5.97. The van der Waals surface area contributed by atoms with Crippen LogP contribution in [0.2, 0.25) is 0 Å². The molecule has 6 nitrogen and oxygen atoms in total. The highest BCUT2D eigenvalue weighted by atomic mass is 15.3. The molecule has 1 aromatic carbocycles. The zero-order valence-electron chi connectivity index (χ0n) is 15.4. The summed E-state index contributed by atoms with van der Waals surface area (Å²) in [4.78, 5) is 22.6. The maximum atomic E-state index is 4.92. The quantitative estimate of drug-likeness (QED) is 0.788. The highest BCUT2D eigenvalue weighted by Gasteiger charge is 2.29. The number of hydrogen-bond donors (Lipinski definition) is 1. The third-order valence-electron chi connectivity index (χ3n) is 5.58. The molecule has 1 saturated carbocycles. The van der Waals surface area contributed by atoms with Crippen molar-refractivity contribution in [1.29, 1.82) is 0 Å². The van der Waals surface area contributed by atoms with Crippen LogP contribution in [0.1, 0.15) is 35.8 Å². The van der Waals surface area contributed by atoms with E-state index in [2.05, 4.69) is 40.8 Å². The summed E-state index contributed by atoms with van der Waals surface area (Å²) in [5, 5.41) is 0. The first kappa shape index (κ1) is 15.6. The molecule has 0 unspecified atom stereocenters. The number of benzene rings is 1. The Hall–Kier alpha value is -2.63. The Morgan fingerprint density at radius 3 is 2.38 bits per heavy atom. The molecule has 0 atom stereocenters. The lowest BCUT2D eigenvalue weighted by Crippen LogP contribution is -2.47. The Bertz CT molecular complexity index is 917. The standard InChI is InChI=1S/C20H24N6/c1-13-14(2)21-18(15-7-8-15)24-19(13)25-9-11-26(12-10-25)20-22-16-5-3-4-6-17(16)23-20/h3-6,15H,7-12H2,1-2H3,(H,22,23). The summed E-state index contributed by atoms with van der Waals surface area (Å²) < 4.78 is 0. The molecule has 2 aromatic heterocycles. The van der Waals surface area contributed by atoms with E-state index in [1.807, 2.05) is 12.1 Å². The normalized spacial score (nSPS) is 17.9. The number of hydrogen-bond acceptors (Lipinski definition) is 5. The third-order valence-corrected chi connectivity index (χ3v) is 5.58. The van der Waals surface area contributed by atoms with Crippen LogP contribution in [0.15, 0.2) is 24.3 Å². The van der Waals surface area contributed by atoms with Crippen molar-refractivity contribution < 1.29 is 0 Å². The minimum Gasteiger partial charge on any atom is -0.353 e. The number of para-hydroxylation sites is 2. The van der Waals surface area contributed by atoms with Gasteiger partial charge in [0.15, 0.2) is 0 Å². The van der Waals surface area contributed by atoms with Gasteiger partial charge in [0.25, 0.3) is 0 Å². The van der Waals surface area contributed by atoms with E-state index in [1.54, 1.807) is 0 Å². The molecule has 2 fully saturated rings. The number of aromatic nitrogens is 4. The van der Waals surface area contributed by atoms with Crippen LogP contribution in [0.3, 0.4) is 0 Å². The number of rotatable bonds is 3. The molecule has 1 saturated heterocycles. The van der Waals surface area contributed by atoms with Gasteiger partial charge in [-0.3, -0.25) is 0 Å². The highest BCUT2D eigenvalue weighted by Crippen LogP contribution is 2.39. The van der Waals surface area contributed by atoms with Gasteiger partial charge in [-0.2, -0.15) is 0 Å².